The Bertz CT molecular complexity index is 188. The van der Waals surface area contributed by atoms with Crippen molar-refractivity contribution in [3.8, 4) is 0 Å². The first-order valence-corrected chi connectivity index (χ1v) is 5.73. The van der Waals surface area contributed by atoms with Crippen LogP contribution in [0.4, 0.5) is 0 Å². The van der Waals surface area contributed by atoms with Crippen LogP contribution in [0.2, 0.25) is 0 Å². The second kappa shape index (κ2) is 5.35. The molecule has 1 aliphatic heterocycles. The summed E-state index contributed by atoms with van der Waals surface area (Å²) in [5, 5.41) is 0. The Balaban J connectivity index is 2.32. The van der Waals surface area contributed by atoms with Crippen molar-refractivity contribution in [3.63, 3.8) is 0 Å². The second-order valence-electron chi connectivity index (χ2n) is 4.25. The molecule has 1 heterocycles. The van der Waals surface area contributed by atoms with Gasteiger partial charge in [-0.2, -0.15) is 0 Å². The van der Waals surface area contributed by atoms with Crippen LogP contribution < -0.4 is 5.73 Å². The van der Waals surface area contributed by atoms with E-state index in [1.807, 2.05) is 4.90 Å². The van der Waals surface area contributed by atoms with Crippen molar-refractivity contribution in [2.45, 2.75) is 45.6 Å². The molecular formula is C11H22N2O. The van der Waals surface area contributed by atoms with Gasteiger partial charge in [-0.25, -0.2) is 0 Å². The van der Waals surface area contributed by atoms with Crippen LogP contribution in [-0.4, -0.2) is 29.9 Å². The molecule has 3 nitrogen and oxygen atoms in total. The average Bonchev–Trinajstić information content (AvgIpc) is 2.14. The number of likely N-dealkylation sites (tertiary alicyclic amines) is 1. The van der Waals surface area contributed by atoms with Gasteiger partial charge in [0.1, 0.15) is 0 Å². The van der Waals surface area contributed by atoms with E-state index in [2.05, 4.69) is 13.8 Å². The minimum atomic E-state index is 0.225. The van der Waals surface area contributed by atoms with Gasteiger partial charge in [0.2, 0.25) is 5.91 Å². The predicted octanol–water partition coefficient (Wildman–Crippen LogP) is 1.37. The summed E-state index contributed by atoms with van der Waals surface area (Å²) in [4.78, 5) is 13.8. The highest BCUT2D eigenvalue weighted by Crippen LogP contribution is 2.18. The molecule has 0 aromatic carbocycles. The van der Waals surface area contributed by atoms with Gasteiger partial charge in [-0.05, 0) is 12.8 Å². The zero-order valence-electron chi connectivity index (χ0n) is 9.33. The third-order valence-electron chi connectivity index (χ3n) is 2.97. The minimum absolute atomic E-state index is 0.225. The molecule has 1 fully saturated rings. The lowest BCUT2D eigenvalue weighted by Gasteiger charge is -2.39. The maximum absolute atomic E-state index is 11.9. The van der Waals surface area contributed by atoms with Crippen LogP contribution >= 0.6 is 0 Å². The maximum atomic E-state index is 11.9. The summed E-state index contributed by atoms with van der Waals surface area (Å²) in [5.41, 5.74) is 5.65. The van der Waals surface area contributed by atoms with E-state index in [1.165, 1.54) is 6.42 Å². The lowest BCUT2D eigenvalue weighted by molar-refractivity contribution is -0.140. The summed E-state index contributed by atoms with van der Waals surface area (Å²) in [6.07, 6.45) is 4.33. The van der Waals surface area contributed by atoms with Gasteiger partial charge in [0, 0.05) is 25.0 Å². The number of unbranched alkanes of at least 4 members (excludes halogenated alkanes) is 1. The molecule has 0 aromatic heterocycles. The van der Waals surface area contributed by atoms with E-state index in [1.54, 1.807) is 0 Å². The molecule has 3 heteroatoms. The maximum Gasteiger partial charge on any atom is 0.225 e. The molecule has 0 spiro atoms. The van der Waals surface area contributed by atoms with Gasteiger partial charge in [-0.15, -0.1) is 0 Å². The van der Waals surface area contributed by atoms with Crippen molar-refractivity contribution in [3.05, 3.63) is 0 Å². The van der Waals surface area contributed by atoms with Crippen molar-refractivity contribution in [1.82, 2.24) is 4.90 Å². The predicted molar refractivity (Wildman–Crippen MR) is 57.9 cm³/mol. The summed E-state index contributed by atoms with van der Waals surface area (Å²) in [6, 6.07) is 0.225. The lowest BCUT2D eigenvalue weighted by atomic mass is 9.95. The molecule has 0 aromatic rings. The van der Waals surface area contributed by atoms with Gasteiger partial charge in [0.05, 0.1) is 0 Å². The molecule has 82 valence electrons. The fourth-order valence-electron chi connectivity index (χ4n) is 1.90. The van der Waals surface area contributed by atoms with Crippen LogP contribution in [0.15, 0.2) is 0 Å². The van der Waals surface area contributed by atoms with Gasteiger partial charge < -0.3 is 10.6 Å². The van der Waals surface area contributed by atoms with E-state index < -0.39 is 0 Å². The van der Waals surface area contributed by atoms with Crippen LogP contribution in [0.25, 0.3) is 0 Å². The largest absolute Gasteiger partial charge is 0.339 e. The zero-order valence-corrected chi connectivity index (χ0v) is 9.33. The van der Waals surface area contributed by atoms with Gasteiger partial charge in [-0.3, -0.25) is 4.79 Å². The van der Waals surface area contributed by atoms with E-state index in [-0.39, 0.29) is 12.0 Å². The van der Waals surface area contributed by atoms with Crippen molar-refractivity contribution in [1.29, 1.82) is 0 Å². The van der Waals surface area contributed by atoms with Crippen LogP contribution in [0.3, 0.4) is 0 Å². The molecule has 0 bridgehead atoms. The van der Waals surface area contributed by atoms with E-state index in [0.717, 1.165) is 32.4 Å². The van der Waals surface area contributed by atoms with E-state index >= 15 is 0 Å². The van der Waals surface area contributed by atoms with Gasteiger partial charge >= 0.3 is 0 Å². The molecule has 1 saturated heterocycles. The number of carbonyl (C=O) groups excluding carboxylic acids is 1. The summed E-state index contributed by atoms with van der Waals surface area (Å²) in [6.45, 7) is 5.79. The van der Waals surface area contributed by atoms with Gasteiger partial charge in [0.25, 0.3) is 0 Å². The molecule has 1 amide bonds. The van der Waals surface area contributed by atoms with Crippen molar-refractivity contribution < 1.29 is 4.79 Å². The van der Waals surface area contributed by atoms with Crippen molar-refractivity contribution in [2.75, 3.05) is 13.1 Å². The molecule has 1 aliphatic rings. The van der Waals surface area contributed by atoms with E-state index in [4.69, 9.17) is 5.73 Å². The standard InChI is InChI=1S/C11H22N2O/c1-3-5-6-9(4-2)11(14)13-7-10(12)8-13/h9-10H,3-8,12H2,1-2H3/t9-/m1/s1. The molecule has 1 rings (SSSR count). The Morgan fingerprint density at radius 1 is 1.50 bits per heavy atom. The number of nitrogens with zero attached hydrogens (tertiary/aromatic N) is 1. The van der Waals surface area contributed by atoms with E-state index in [0.29, 0.717) is 5.91 Å². The highest BCUT2D eigenvalue weighted by molar-refractivity contribution is 5.79. The van der Waals surface area contributed by atoms with Gasteiger partial charge in [0.15, 0.2) is 0 Å². The molecule has 0 unspecified atom stereocenters. The smallest absolute Gasteiger partial charge is 0.225 e. The average molecular weight is 198 g/mol. The number of amides is 1. The number of rotatable bonds is 5. The summed E-state index contributed by atoms with van der Waals surface area (Å²) < 4.78 is 0. The number of nitrogens with two attached hydrogens (primary N) is 1. The topological polar surface area (TPSA) is 46.3 Å². The summed E-state index contributed by atoms with van der Waals surface area (Å²) in [7, 11) is 0. The fourth-order valence-corrected chi connectivity index (χ4v) is 1.90. The molecule has 2 N–H and O–H groups in total. The van der Waals surface area contributed by atoms with Crippen molar-refractivity contribution >= 4 is 5.91 Å². The summed E-state index contributed by atoms with van der Waals surface area (Å²) in [5.74, 6) is 0.560. The normalized spacial score (nSPS) is 19.2. The molecular weight excluding hydrogens is 176 g/mol. The van der Waals surface area contributed by atoms with Crippen LogP contribution in [0.1, 0.15) is 39.5 Å². The Morgan fingerprint density at radius 3 is 2.57 bits per heavy atom. The first-order valence-electron chi connectivity index (χ1n) is 5.73. The van der Waals surface area contributed by atoms with Crippen molar-refractivity contribution in [2.24, 2.45) is 11.7 Å². The van der Waals surface area contributed by atoms with Crippen LogP contribution in [0, 0.1) is 5.92 Å². The van der Waals surface area contributed by atoms with Crippen LogP contribution in [-0.2, 0) is 4.79 Å². The Hall–Kier alpha value is -0.570. The minimum Gasteiger partial charge on any atom is -0.339 e. The second-order valence-corrected chi connectivity index (χ2v) is 4.25. The first kappa shape index (κ1) is 11.5. The zero-order chi connectivity index (χ0) is 10.6. The molecule has 1 atom stereocenters. The number of hydrogen-bond acceptors (Lipinski definition) is 2. The van der Waals surface area contributed by atoms with E-state index in [9.17, 15) is 4.79 Å². The molecule has 0 aliphatic carbocycles. The molecule has 14 heavy (non-hydrogen) atoms. The highest BCUT2D eigenvalue weighted by atomic mass is 16.2. The third kappa shape index (κ3) is 2.71. The van der Waals surface area contributed by atoms with Crippen LogP contribution in [0.5, 0.6) is 0 Å². The third-order valence-corrected chi connectivity index (χ3v) is 2.97. The molecule has 0 radical (unpaired) electrons. The number of carbonyl (C=O) groups is 1. The Kier molecular flexibility index (Phi) is 4.39. The Labute approximate surface area is 86.6 Å². The monoisotopic (exact) mass is 198 g/mol. The summed E-state index contributed by atoms with van der Waals surface area (Å²) >= 11 is 0. The fraction of sp³-hybridized carbons (Fsp3) is 0.909. The Morgan fingerprint density at radius 2 is 2.14 bits per heavy atom. The lowest BCUT2D eigenvalue weighted by Crippen LogP contribution is -2.59. The highest BCUT2D eigenvalue weighted by Gasteiger charge is 2.31. The number of hydrogen-bond donors (Lipinski definition) is 1. The quantitative estimate of drug-likeness (QED) is 0.725. The molecule has 0 saturated carbocycles. The first-order chi connectivity index (χ1) is 6.69. The van der Waals surface area contributed by atoms with Gasteiger partial charge in [-0.1, -0.05) is 26.7 Å². The SMILES string of the molecule is CCCC[C@@H](CC)C(=O)N1CC(N)C1.